The van der Waals surface area contributed by atoms with Crippen LogP contribution >= 0.6 is 0 Å². The van der Waals surface area contributed by atoms with Gasteiger partial charge in [-0.15, -0.1) is 0 Å². The van der Waals surface area contributed by atoms with E-state index in [0.717, 1.165) is 5.56 Å². The van der Waals surface area contributed by atoms with Crippen molar-refractivity contribution in [2.45, 2.75) is 19.3 Å². The maximum absolute atomic E-state index is 12.3. The number of esters is 1. The van der Waals surface area contributed by atoms with Crippen LogP contribution < -0.4 is 19.6 Å². The molecule has 9 nitrogen and oxygen atoms in total. The van der Waals surface area contributed by atoms with E-state index >= 15 is 0 Å². The van der Waals surface area contributed by atoms with Gasteiger partial charge in [0.05, 0.1) is 20.4 Å². The lowest BCUT2D eigenvalue weighted by Gasteiger charge is -2.15. The van der Waals surface area contributed by atoms with Gasteiger partial charge in [-0.3, -0.25) is 14.4 Å². The fraction of sp³-hybridized carbons (Fsp3) is 0.304. The van der Waals surface area contributed by atoms with Crippen LogP contribution in [0.4, 0.5) is 0 Å². The van der Waals surface area contributed by atoms with Crippen LogP contribution in [0.3, 0.4) is 0 Å². The first-order valence-corrected chi connectivity index (χ1v) is 10.00. The molecule has 1 saturated heterocycles. The Hall–Kier alpha value is -3.88. The summed E-state index contributed by atoms with van der Waals surface area (Å²) in [5.74, 6) is -0.183. The van der Waals surface area contributed by atoms with E-state index < -0.39 is 11.9 Å². The van der Waals surface area contributed by atoms with Gasteiger partial charge in [-0.2, -0.15) is 5.10 Å². The number of nitrogens with one attached hydrogen (secondary N) is 1. The highest BCUT2D eigenvalue weighted by molar-refractivity contribution is 5.88. The molecule has 3 rings (SSSR count). The molecule has 2 aromatic rings. The Bertz CT molecular complexity index is 997. The van der Waals surface area contributed by atoms with E-state index in [4.69, 9.17) is 14.2 Å². The molecule has 0 aromatic heterocycles. The minimum atomic E-state index is -0.513. The molecule has 2 amide bonds. The molecule has 1 atom stereocenters. The van der Waals surface area contributed by atoms with Gasteiger partial charge in [-0.1, -0.05) is 30.3 Å². The zero-order valence-corrected chi connectivity index (χ0v) is 18.2. The smallest absolute Gasteiger partial charge is 0.308 e. The van der Waals surface area contributed by atoms with E-state index in [0.29, 0.717) is 18.5 Å². The monoisotopic (exact) mass is 439 g/mol. The number of hydrazone groups is 1. The molecule has 168 valence electrons. The van der Waals surface area contributed by atoms with E-state index in [1.54, 1.807) is 12.1 Å². The summed E-state index contributed by atoms with van der Waals surface area (Å²) in [5, 5.41) is 3.95. The summed E-state index contributed by atoms with van der Waals surface area (Å²) in [4.78, 5) is 37.4. The molecule has 0 saturated carbocycles. The van der Waals surface area contributed by atoms with Gasteiger partial charge in [0.15, 0.2) is 11.5 Å². The van der Waals surface area contributed by atoms with Gasteiger partial charge >= 0.3 is 5.97 Å². The number of methoxy groups -OCH3 is 2. The van der Waals surface area contributed by atoms with E-state index in [1.807, 2.05) is 30.3 Å². The first kappa shape index (κ1) is 22.8. The molecule has 0 aliphatic carbocycles. The van der Waals surface area contributed by atoms with E-state index in [-0.39, 0.29) is 35.6 Å². The molecule has 0 radical (unpaired) electrons. The highest BCUT2D eigenvalue weighted by Crippen LogP contribution is 2.38. The minimum Gasteiger partial charge on any atom is -0.493 e. The van der Waals surface area contributed by atoms with Gasteiger partial charge in [-0.05, 0) is 17.7 Å². The molecule has 2 aromatic carbocycles. The fourth-order valence-corrected chi connectivity index (χ4v) is 3.48. The van der Waals surface area contributed by atoms with Gasteiger partial charge in [0.2, 0.25) is 11.7 Å². The van der Waals surface area contributed by atoms with Crippen LogP contribution in [0.15, 0.2) is 47.6 Å². The van der Waals surface area contributed by atoms with Crippen molar-refractivity contribution in [2.75, 3.05) is 27.3 Å². The van der Waals surface area contributed by atoms with E-state index in [2.05, 4.69) is 10.5 Å². The number of nitrogens with zero attached hydrogens (tertiary/aromatic N) is 2. The molecule has 0 bridgehead atoms. The SMILES string of the molecule is COc1cc(/C=N\NC(=O)CN2C[C@@H](c3ccccc3)CC2=O)cc(OC)c1OC(C)=O. The van der Waals surface area contributed by atoms with E-state index in [9.17, 15) is 14.4 Å². The second kappa shape index (κ2) is 10.4. The standard InChI is InChI=1S/C23H25N3O6/c1-15(27)32-23-19(30-2)9-16(10-20(23)31-3)12-24-25-21(28)14-26-13-18(11-22(26)29)17-7-5-4-6-8-17/h4-10,12,18H,11,13-14H2,1-3H3,(H,25,28)/b24-12-/t18-/m0/s1. The minimum absolute atomic E-state index is 0.0616. The predicted molar refractivity (Wildman–Crippen MR) is 117 cm³/mol. The topological polar surface area (TPSA) is 107 Å². The summed E-state index contributed by atoms with van der Waals surface area (Å²) in [6, 6.07) is 13.0. The highest BCUT2D eigenvalue weighted by Gasteiger charge is 2.31. The highest BCUT2D eigenvalue weighted by atomic mass is 16.6. The van der Waals surface area contributed by atoms with Gasteiger partial charge in [0.1, 0.15) is 6.54 Å². The van der Waals surface area contributed by atoms with Crippen molar-refractivity contribution in [1.82, 2.24) is 10.3 Å². The molecule has 1 N–H and O–H groups in total. The lowest BCUT2D eigenvalue weighted by molar-refractivity contribution is -0.133. The van der Waals surface area contributed by atoms with Crippen LogP contribution in [0.1, 0.15) is 30.4 Å². The number of hydrogen-bond donors (Lipinski definition) is 1. The molecular weight excluding hydrogens is 414 g/mol. The molecule has 0 unspecified atom stereocenters. The normalized spacial score (nSPS) is 15.7. The number of amides is 2. The predicted octanol–water partition coefficient (Wildman–Crippen LogP) is 2.10. The average molecular weight is 439 g/mol. The number of rotatable bonds is 8. The Morgan fingerprint density at radius 3 is 2.41 bits per heavy atom. The van der Waals surface area contributed by atoms with Crippen LogP contribution in [-0.4, -0.2) is 56.2 Å². The Labute approximate surface area is 185 Å². The van der Waals surface area contributed by atoms with Gasteiger partial charge in [-0.25, -0.2) is 5.43 Å². The zero-order chi connectivity index (χ0) is 23.1. The quantitative estimate of drug-likeness (QED) is 0.292. The third kappa shape index (κ3) is 5.63. The summed E-state index contributed by atoms with van der Waals surface area (Å²) in [6.07, 6.45) is 1.79. The number of benzene rings is 2. The van der Waals surface area contributed by atoms with Crippen molar-refractivity contribution in [3.63, 3.8) is 0 Å². The van der Waals surface area contributed by atoms with Crippen LogP contribution in [-0.2, 0) is 14.4 Å². The van der Waals surface area contributed by atoms with Crippen molar-refractivity contribution in [3.8, 4) is 17.2 Å². The lowest BCUT2D eigenvalue weighted by atomic mass is 9.99. The number of likely N-dealkylation sites (tertiary alicyclic amines) is 1. The summed E-state index contributed by atoms with van der Waals surface area (Å²) in [5.41, 5.74) is 4.06. The third-order valence-corrected chi connectivity index (χ3v) is 4.95. The number of carbonyl (C=O) groups excluding carboxylic acids is 3. The largest absolute Gasteiger partial charge is 0.493 e. The molecule has 1 aliphatic rings. The Kier molecular flexibility index (Phi) is 7.43. The Morgan fingerprint density at radius 1 is 1.16 bits per heavy atom. The molecule has 1 aliphatic heterocycles. The Balaban J connectivity index is 1.60. The molecule has 9 heteroatoms. The second-order valence-corrected chi connectivity index (χ2v) is 7.23. The maximum atomic E-state index is 12.3. The van der Waals surface area contributed by atoms with Gasteiger partial charge < -0.3 is 19.1 Å². The van der Waals surface area contributed by atoms with Crippen molar-refractivity contribution in [2.24, 2.45) is 5.10 Å². The maximum Gasteiger partial charge on any atom is 0.308 e. The van der Waals surface area contributed by atoms with Crippen molar-refractivity contribution in [3.05, 3.63) is 53.6 Å². The van der Waals surface area contributed by atoms with Crippen LogP contribution in [0.5, 0.6) is 17.2 Å². The number of carbonyl (C=O) groups is 3. The summed E-state index contributed by atoms with van der Waals surface area (Å²) in [7, 11) is 2.86. The fourth-order valence-electron chi connectivity index (χ4n) is 3.48. The number of ether oxygens (including phenoxy) is 3. The second-order valence-electron chi connectivity index (χ2n) is 7.23. The molecule has 32 heavy (non-hydrogen) atoms. The summed E-state index contributed by atoms with van der Waals surface area (Å²) >= 11 is 0. The Morgan fingerprint density at radius 2 is 1.81 bits per heavy atom. The third-order valence-electron chi connectivity index (χ3n) is 4.95. The first-order valence-electron chi connectivity index (χ1n) is 10.00. The van der Waals surface area contributed by atoms with Gasteiger partial charge in [0, 0.05) is 31.4 Å². The number of hydrogen-bond acceptors (Lipinski definition) is 7. The summed E-state index contributed by atoms with van der Waals surface area (Å²) in [6.45, 7) is 1.69. The molecule has 1 fully saturated rings. The van der Waals surface area contributed by atoms with Crippen molar-refractivity contribution >= 4 is 24.0 Å². The van der Waals surface area contributed by atoms with Crippen LogP contribution in [0.25, 0.3) is 0 Å². The first-order chi connectivity index (χ1) is 15.4. The molecular formula is C23H25N3O6. The van der Waals surface area contributed by atoms with Crippen molar-refractivity contribution in [1.29, 1.82) is 0 Å². The molecule has 1 heterocycles. The van der Waals surface area contributed by atoms with Crippen molar-refractivity contribution < 1.29 is 28.6 Å². The van der Waals surface area contributed by atoms with Crippen LogP contribution in [0.2, 0.25) is 0 Å². The average Bonchev–Trinajstić information content (AvgIpc) is 3.14. The van der Waals surface area contributed by atoms with Gasteiger partial charge in [0.25, 0.3) is 5.91 Å². The summed E-state index contributed by atoms with van der Waals surface area (Å²) < 4.78 is 15.6. The molecule has 0 spiro atoms. The lowest BCUT2D eigenvalue weighted by Crippen LogP contribution is -2.36. The zero-order valence-electron chi connectivity index (χ0n) is 18.2. The van der Waals surface area contributed by atoms with E-state index in [1.165, 1.54) is 32.3 Å². The van der Waals surface area contributed by atoms with Crippen LogP contribution in [0, 0.1) is 0 Å².